The summed E-state index contributed by atoms with van der Waals surface area (Å²) in [6, 6.07) is 1.25. The molecule has 0 atom stereocenters. The predicted molar refractivity (Wildman–Crippen MR) is 69.9 cm³/mol. The number of rotatable bonds is 6. The largest absolute Gasteiger partial charge is 0.388 e. The van der Waals surface area contributed by atoms with Crippen LogP contribution in [0.15, 0.2) is 0 Å². The molecule has 0 aromatic rings. The van der Waals surface area contributed by atoms with Crippen LogP contribution < -0.4 is 5.32 Å². The number of nitrogens with one attached hydrogen (secondary N) is 1. The maximum Gasteiger partial charge on any atom is 0.324 e. The molecule has 0 aromatic carbocycles. The number of hydrogen-bond donors (Lipinski definition) is 1. The number of unbranched alkanes of at least 4 members (excludes halogenated alkanes) is 1. The van der Waals surface area contributed by atoms with Crippen molar-refractivity contribution in [2.75, 3.05) is 13.1 Å². The number of urea groups is 1. The molecule has 1 heterocycles. The summed E-state index contributed by atoms with van der Waals surface area (Å²) in [6.07, 6.45) is 3.96. The number of carbonyl (C=O) groups excluding carboxylic acids is 2. The molecule has 3 amide bonds. The molecule has 1 rings (SSSR count). The molecule has 0 unspecified atom stereocenters. The van der Waals surface area contributed by atoms with E-state index in [4.69, 9.17) is 0 Å². The summed E-state index contributed by atoms with van der Waals surface area (Å²) in [4.78, 5) is 24.5. The molecular weight excluding hydrogens is 248 g/mol. The van der Waals surface area contributed by atoms with Gasteiger partial charge in [0.05, 0.1) is 0 Å². The second-order valence-corrected chi connectivity index (χ2v) is 6.87. The standard InChI is InChI=1S/C12H22N2O3Si/c1-2-18(17)10-6-4-8-13-12(16)14-9-5-3-7-11(14)15/h2-10H2,1H3,(H,13,16). The molecule has 0 spiro atoms. The summed E-state index contributed by atoms with van der Waals surface area (Å²) in [6.45, 7) is 3.03. The van der Waals surface area contributed by atoms with Gasteiger partial charge in [-0.2, -0.15) is 0 Å². The van der Waals surface area contributed by atoms with E-state index in [1.165, 1.54) is 4.90 Å². The van der Waals surface area contributed by atoms with Crippen molar-refractivity contribution in [3.05, 3.63) is 0 Å². The monoisotopic (exact) mass is 270 g/mol. The van der Waals surface area contributed by atoms with Crippen molar-refractivity contribution in [2.24, 2.45) is 0 Å². The molecule has 1 aliphatic heterocycles. The van der Waals surface area contributed by atoms with Crippen molar-refractivity contribution < 1.29 is 14.1 Å². The van der Waals surface area contributed by atoms with E-state index in [9.17, 15) is 14.1 Å². The highest BCUT2D eigenvalue weighted by Gasteiger charge is 2.23. The summed E-state index contributed by atoms with van der Waals surface area (Å²) in [5.41, 5.74) is 0. The zero-order chi connectivity index (χ0) is 13.4. The lowest BCUT2D eigenvalue weighted by atomic mass is 10.1. The maximum atomic E-state index is 11.7. The molecule has 0 saturated carbocycles. The highest BCUT2D eigenvalue weighted by molar-refractivity contribution is 6.42. The van der Waals surface area contributed by atoms with Gasteiger partial charge in [0.15, 0.2) is 0 Å². The molecule has 18 heavy (non-hydrogen) atoms. The average Bonchev–Trinajstić information content (AvgIpc) is 2.38. The smallest absolute Gasteiger partial charge is 0.324 e. The number of nitrogens with zero attached hydrogens (tertiary/aromatic N) is 1. The fourth-order valence-corrected chi connectivity index (χ4v) is 2.93. The van der Waals surface area contributed by atoms with Gasteiger partial charge in [-0.25, -0.2) is 4.79 Å². The van der Waals surface area contributed by atoms with Crippen LogP contribution in [0.3, 0.4) is 0 Å². The molecule has 0 bridgehead atoms. The normalized spacial score (nSPS) is 15.6. The van der Waals surface area contributed by atoms with Crippen LogP contribution in [0.2, 0.25) is 12.1 Å². The second kappa shape index (κ2) is 8.13. The van der Waals surface area contributed by atoms with Crippen molar-refractivity contribution in [1.29, 1.82) is 0 Å². The minimum absolute atomic E-state index is 0.0743. The van der Waals surface area contributed by atoms with Gasteiger partial charge in [0.1, 0.15) is 0 Å². The van der Waals surface area contributed by atoms with E-state index >= 15 is 0 Å². The van der Waals surface area contributed by atoms with Crippen LogP contribution in [0.5, 0.6) is 0 Å². The van der Waals surface area contributed by atoms with Crippen LogP contribution in [0.1, 0.15) is 39.0 Å². The van der Waals surface area contributed by atoms with Crippen molar-refractivity contribution in [3.63, 3.8) is 0 Å². The molecule has 102 valence electrons. The van der Waals surface area contributed by atoms with Crippen LogP contribution in [0.25, 0.3) is 0 Å². The van der Waals surface area contributed by atoms with Crippen LogP contribution in [0, 0.1) is 0 Å². The first-order valence-corrected chi connectivity index (χ1v) is 8.57. The number of carbonyl (C=O) groups is 2. The molecular formula is C12H22N2O3Si. The summed E-state index contributed by atoms with van der Waals surface area (Å²) in [5.74, 6) is -0.0743. The molecule has 0 aromatic heterocycles. The fraction of sp³-hybridized carbons (Fsp3) is 0.833. The molecule has 6 heteroatoms. The van der Waals surface area contributed by atoms with Gasteiger partial charge >= 0.3 is 6.03 Å². The van der Waals surface area contributed by atoms with E-state index in [2.05, 4.69) is 5.32 Å². The number of imide groups is 1. The lowest BCUT2D eigenvalue weighted by Gasteiger charge is -2.24. The van der Waals surface area contributed by atoms with Crippen LogP contribution >= 0.6 is 0 Å². The zero-order valence-electron chi connectivity index (χ0n) is 11.0. The van der Waals surface area contributed by atoms with Gasteiger partial charge in [0.25, 0.3) is 8.68 Å². The summed E-state index contributed by atoms with van der Waals surface area (Å²) >= 11 is 0. The Kier molecular flexibility index (Phi) is 6.78. The number of piperidine rings is 1. The third kappa shape index (κ3) is 5.08. The lowest BCUT2D eigenvalue weighted by molar-refractivity contribution is -0.130. The second-order valence-electron chi connectivity index (χ2n) is 4.58. The minimum atomic E-state index is -1.39. The van der Waals surface area contributed by atoms with E-state index in [0.29, 0.717) is 19.5 Å². The van der Waals surface area contributed by atoms with E-state index in [-0.39, 0.29) is 11.9 Å². The first-order chi connectivity index (χ1) is 8.65. The molecule has 1 N–H and O–H groups in total. The molecule has 0 radical (unpaired) electrons. The highest BCUT2D eigenvalue weighted by atomic mass is 28.3. The van der Waals surface area contributed by atoms with Gasteiger partial charge in [0.2, 0.25) is 5.91 Å². The topological polar surface area (TPSA) is 66.5 Å². The Morgan fingerprint density at radius 1 is 1.39 bits per heavy atom. The Balaban J connectivity index is 2.13. The maximum absolute atomic E-state index is 11.7. The average molecular weight is 270 g/mol. The zero-order valence-corrected chi connectivity index (χ0v) is 12.0. The quantitative estimate of drug-likeness (QED) is 0.592. The van der Waals surface area contributed by atoms with Crippen molar-refractivity contribution >= 4 is 20.6 Å². The minimum Gasteiger partial charge on any atom is -0.388 e. The molecule has 0 aliphatic carbocycles. The van der Waals surface area contributed by atoms with Gasteiger partial charge in [-0.1, -0.05) is 6.92 Å². The van der Waals surface area contributed by atoms with E-state index in [1.54, 1.807) is 0 Å². The van der Waals surface area contributed by atoms with E-state index in [0.717, 1.165) is 37.8 Å². The van der Waals surface area contributed by atoms with E-state index in [1.807, 2.05) is 6.92 Å². The van der Waals surface area contributed by atoms with Crippen molar-refractivity contribution in [3.8, 4) is 0 Å². The van der Waals surface area contributed by atoms with Crippen molar-refractivity contribution in [2.45, 2.75) is 51.1 Å². The predicted octanol–water partition coefficient (Wildman–Crippen LogP) is 1.93. The molecule has 1 saturated heterocycles. The Morgan fingerprint density at radius 2 is 2.17 bits per heavy atom. The Hall–Kier alpha value is -1.04. The lowest BCUT2D eigenvalue weighted by Crippen LogP contribution is -2.46. The number of likely N-dealkylation sites (tertiary alicyclic amines) is 1. The molecule has 5 nitrogen and oxygen atoms in total. The Labute approximate surface area is 110 Å². The Bertz CT molecular complexity index is 320. The third-order valence-electron chi connectivity index (χ3n) is 3.12. The first-order valence-electron chi connectivity index (χ1n) is 6.75. The molecule has 1 fully saturated rings. The third-order valence-corrected chi connectivity index (χ3v) is 4.82. The van der Waals surface area contributed by atoms with Gasteiger partial charge in [0, 0.05) is 19.5 Å². The first kappa shape index (κ1) is 15.0. The number of amides is 3. The van der Waals surface area contributed by atoms with Crippen LogP contribution in [0.4, 0.5) is 4.79 Å². The SMILES string of the molecule is CC[Si](=O)CCCCNC(=O)N1CCCCC1=O. The summed E-state index contributed by atoms with van der Waals surface area (Å²) in [7, 11) is -1.39. The highest BCUT2D eigenvalue weighted by Crippen LogP contribution is 2.10. The van der Waals surface area contributed by atoms with Crippen LogP contribution in [-0.4, -0.2) is 38.6 Å². The molecule has 1 aliphatic rings. The fourth-order valence-electron chi connectivity index (χ4n) is 1.94. The number of hydrogen-bond acceptors (Lipinski definition) is 3. The summed E-state index contributed by atoms with van der Waals surface area (Å²) < 4.78 is 11.2. The van der Waals surface area contributed by atoms with Crippen molar-refractivity contribution in [1.82, 2.24) is 10.2 Å². The van der Waals surface area contributed by atoms with Gasteiger partial charge in [-0.05, 0) is 37.8 Å². The van der Waals surface area contributed by atoms with Gasteiger partial charge in [-0.15, -0.1) is 0 Å². The Morgan fingerprint density at radius 3 is 2.83 bits per heavy atom. The van der Waals surface area contributed by atoms with Gasteiger partial charge in [-0.3, -0.25) is 9.69 Å². The van der Waals surface area contributed by atoms with E-state index < -0.39 is 8.68 Å². The van der Waals surface area contributed by atoms with Crippen LogP contribution in [-0.2, 0) is 9.26 Å². The van der Waals surface area contributed by atoms with Gasteiger partial charge < -0.3 is 9.78 Å². The summed E-state index contributed by atoms with van der Waals surface area (Å²) in [5, 5.41) is 2.75.